The maximum Gasteiger partial charge on any atom is 0.272 e. The Balaban J connectivity index is 1.30. The summed E-state index contributed by atoms with van der Waals surface area (Å²) in [7, 11) is -2.54. The second kappa shape index (κ2) is 10.3. The summed E-state index contributed by atoms with van der Waals surface area (Å²) in [4.78, 5) is 36.2. The molecule has 192 valence electrons. The molecule has 37 heavy (non-hydrogen) atoms. The van der Waals surface area contributed by atoms with Crippen LogP contribution in [0.5, 0.6) is 5.75 Å². The summed E-state index contributed by atoms with van der Waals surface area (Å²) in [5.74, 6) is -0.143. The Bertz CT molecular complexity index is 1500. The van der Waals surface area contributed by atoms with Gasteiger partial charge in [0, 0.05) is 49.2 Å². The summed E-state index contributed by atoms with van der Waals surface area (Å²) in [6, 6.07) is 13.0. The number of benzene rings is 2. The van der Waals surface area contributed by atoms with Crippen LogP contribution in [0.4, 0.5) is 5.69 Å². The first-order valence-electron chi connectivity index (χ1n) is 11.4. The van der Waals surface area contributed by atoms with Crippen LogP contribution in [0.15, 0.2) is 70.7 Å². The maximum absolute atomic E-state index is 13.2. The molecule has 0 bridgehead atoms. The third-order valence-electron chi connectivity index (χ3n) is 6.08. The van der Waals surface area contributed by atoms with Gasteiger partial charge >= 0.3 is 0 Å². The van der Waals surface area contributed by atoms with Gasteiger partial charge in [0.25, 0.3) is 21.8 Å². The fourth-order valence-electron chi connectivity index (χ4n) is 4.19. The Morgan fingerprint density at radius 2 is 1.76 bits per heavy atom. The smallest absolute Gasteiger partial charge is 0.272 e. The number of hydrogen-bond acceptors (Lipinski definition) is 9. The van der Waals surface area contributed by atoms with Crippen molar-refractivity contribution < 1.29 is 22.7 Å². The quantitative estimate of drug-likeness (QED) is 0.401. The highest BCUT2D eigenvalue weighted by Crippen LogP contribution is 2.28. The van der Waals surface area contributed by atoms with E-state index in [-0.39, 0.29) is 28.1 Å². The van der Waals surface area contributed by atoms with E-state index in [1.165, 1.54) is 43.3 Å². The predicted molar refractivity (Wildman–Crippen MR) is 140 cm³/mol. The predicted octanol–water partition coefficient (Wildman–Crippen LogP) is 1.93. The molecule has 13 heteroatoms. The monoisotopic (exact) mass is 540 g/mol. The second-order valence-corrected chi connectivity index (χ2v) is 10.6. The van der Waals surface area contributed by atoms with E-state index in [0.29, 0.717) is 48.3 Å². The van der Waals surface area contributed by atoms with E-state index >= 15 is 0 Å². The fourth-order valence-corrected chi connectivity index (χ4v) is 5.93. The average molecular weight is 541 g/mol. The van der Waals surface area contributed by atoms with Crippen LogP contribution in [-0.2, 0) is 14.8 Å². The van der Waals surface area contributed by atoms with E-state index in [1.807, 2.05) is 0 Å². The first-order chi connectivity index (χ1) is 17.9. The number of nitrogens with zero attached hydrogens (tertiary/aromatic N) is 3. The molecule has 3 heterocycles. The zero-order chi connectivity index (χ0) is 26.0. The maximum atomic E-state index is 13.2. The SMILES string of the molecule is COc1cc(NS(=O)(=O)c2cccc3cccnc23)ccc1C(=O)N1CCN(C(=O)C2=CSNN2)CC1. The van der Waals surface area contributed by atoms with Crippen LogP contribution in [0.1, 0.15) is 10.4 Å². The number of hydrogen-bond donors (Lipinski definition) is 3. The molecule has 0 radical (unpaired) electrons. The molecular formula is C24H24N6O5S2. The van der Waals surface area contributed by atoms with Crippen LogP contribution in [0, 0.1) is 0 Å². The first kappa shape index (κ1) is 24.9. The summed E-state index contributed by atoms with van der Waals surface area (Å²) >= 11 is 1.29. The third-order valence-corrected chi connectivity index (χ3v) is 8.06. The number of pyridine rings is 1. The van der Waals surface area contributed by atoms with Gasteiger partial charge in [0.15, 0.2) is 0 Å². The minimum Gasteiger partial charge on any atom is -0.496 e. The molecule has 2 aliphatic heterocycles. The van der Waals surface area contributed by atoms with Crippen molar-refractivity contribution in [2.45, 2.75) is 4.90 Å². The van der Waals surface area contributed by atoms with Crippen molar-refractivity contribution in [1.29, 1.82) is 0 Å². The Morgan fingerprint density at radius 3 is 2.46 bits per heavy atom. The zero-order valence-corrected chi connectivity index (χ0v) is 21.4. The molecule has 2 amide bonds. The lowest BCUT2D eigenvalue weighted by atomic mass is 10.1. The number of methoxy groups -OCH3 is 1. The minimum atomic E-state index is -3.96. The van der Waals surface area contributed by atoms with E-state index in [0.717, 1.165) is 0 Å². The number of carbonyl (C=O) groups excluding carboxylic acids is 2. The van der Waals surface area contributed by atoms with Gasteiger partial charge in [-0.2, -0.15) is 4.83 Å². The van der Waals surface area contributed by atoms with Gasteiger partial charge in [-0.1, -0.05) is 18.2 Å². The van der Waals surface area contributed by atoms with Gasteiger partial charge in [-0.05, 0) is 36.2 Å². The number of hydrazine groups is 1. The Labute approximate surface area is 218 Å². The molecule has 0 saturated carbocycles. The van der Waals surface area contributed by atoms with Gasteiger partial charge in [0.2, 0.25) is 0 Å². The van der Waals surface area contributed by atoms with Crippen molar-refractivity contribution in [3.8, 4) is 5.75 Å². The number of ether oxygens (including phenoxy) is 1. The summed E-state index contributed by atoms with van der Waals surface area (Å²) in [5, 5.41) is 2.41. The number of para-hydroxylation sites is 1. The van der Waals surface area contributed by atoms with Gasteiger partial charge in [0.1, 0.15) is 16.3 Å². The van der Waals surface area contributed by atoms with E-state index in [4.69, 9.17) is 4.74 Å². The molecule has 3 N–H and O–H groups in total. The standard InChI is InChI=1S/C24H24N6O5S2/c1-35-20-14-17(27-37(33,34)21-6-2-4-16-5-3-9-25-22(16)21)7-8-18(20)23(31)29-10-12-30(13-11-29)24(32)19-15-36-28-26-19/h2-9,14-15,26-28H,10-13H2,1H3. The minimum absolute atomic E-state index is 0.0510. The normalized spacial score (nSPS) is 15.8. The van der Waals surface area contributed by atoms with E-state index < -0.39 is 10.0 Å². The fraction of sp³-hybridized carbons (Fsp3) is 0.208. The lowest BCUT2D eigenvalue weighted by Gasteiger charge is -2.35. The van der Waals surface area contributed by atoms with Crippen LogP contribution in [0.2, 0.25) is 0 Å². The third kappa shape index (κ3) is 5.05. The molecule has 5 rings (SSSR count). The second-order valence-electron chi connectivity index (χ2n) is 8.31. The van der Waals surface area contributed by atoms with Crippen LogP contribution < -0.4 is 19.7 Å². The summed E-state index contributed by atoms with van der Waals surface area (Å²) < 4.78 is 34.3. The lowest BCUT2D eigenvalue weighted by Crippen LogP contribution is -2.51. The highest BCUT2D eigenvalue weighted by atomic mass is 32.2. The van der Waals surface area contributed by atoms with Gasteiger partial charge in [-0.3, -0.25) is 19.3 Å². The lowest BCUT2D eigenvalue weighted by molar-refractivity contribution is -0.129. The summed E-state index contributed by atoms with van der Waals surface area (Å²) in [6.07, 6.45) is 1.54. The van der Waals surface area contributed by atoms with E-state index in [2.05, 4.69) is 20.0 Å². The van der Waals surface area contributed by atoms with Gasteiger partial charge < -0.3 is 20.0 Å². The first-order valence-corrected chi connectivity index (χ1v) is 13.7. The molecule has 1 aromatic heterocycles. The number of anilines is 1. The molecular weight excluding hydrogens is 516 g/mol. The van der Waals surface area contributed by atoms with Crippen LogP contribution >= 0.6 is 11.9 Å². The van der Waals surface area contributed by atoms with E-state index in [9.17, 15) is 18.0 Å². The molecule has 1 saturated heterocycles. The summed E-state index contributed by atoms with van der Waals surface area (Å²) in [6.45, 7) is 1.52. The topological polar surface area (TPSA) is 133 Å². The molecule has 2 aromatic carbocycles. The molecule has 0 atom stereocenters. The zero-order valence-electron chi connectivity index (χ0n) is 19.8. The average Bonchev–Trinajstić information content (AvgIpc) is 3.47. The van der Waals surface area contributed by atoms with Crippen LogP contribution in [0.25, 0.3) is 10.9 Å². The molecule has 2 aliphatic rings. The number of sulfonamides is 1. The number of rotatable bonds is 6. The van der Waals surface area contributed by atoms with Crippen molar-refractivity contribution in [3.05, 3.63) is 71.4 Å². The molecule has 0 spiro atoms. The highest BCUT2D eigenvalue weighted by Gasteiger charge is 2.29. The molecule has 0 unspecified atom stereocenters. The van der Waals surface area contributed by atoms with Crippen molar-refractivity contribution in [3.63, 3.8) is 0 Å². The molecule has 1 fully saturated rings. The molecule has 3 aromatic rings. The number of piperazine rings is 1. The Kier molecular flexibility index (Phi) is 6.91. The van der Waals surface area contributed by atoms with Crippen molar-refractivity contribution in [2.24, 2.45) is 0 Å². The number of aromatic nitrogens is 1. The van der Waals surface area contributed by atoms with Gasteiger partial charge in [-0.25, -0.2) is 8.42 Å². The molecule has 0 aliphatic carbocycles. The largest absolute Gasteiger partial charge is 0.496 e. The van der Waals surface area contributed by atoms with Crippen LogP contribution in [0.3, 0.4) is 0 Å². The molecule has 11 nitrogen and oxygen atoms in total. The van der Waals surface area contributed by atoms with Crippen molar-refractivity contribution >= 4 is 50.4 Å². The number of amides is 2. The number of carbonyl (C=O) groups is 2. The van der Waals surface area contributed by atoms with Crippen molar-refractivity contribution in [1.82, 2.24) is 25.0 Å². The summed E-state index contributed by atoms with van der Waals surface area (Å²) in [5.41, 5.74) is 4.20. The number of fused-ring (bicyclic) bond motifs is 1. The van der Waals surface area contributed by atoms with E-state index in [1.54, 1.807) is 45.7 Å². The number of nitrogens with one attached hydrogen (secondary N) is 3. The van der Waals surface area contributed by atoms with Crippen molar-refractivity contribution in [2.75, 3.05) is 38.0 Å². The Hall–Kier alpha value is -3.81. The Morgan fingerprint density at radius 1 is 1.03 bits per heavy atom. The highest BCUT2D eigenvalue weighted by molar-refractivity contribution is 8.00. The van der Waals surface area contributed by atoms with Gasteiger partial charge in [0.05, 0.1) is 23.9 Å². The van der Waals surface area contributed by atoms with Gasteiger partial charge in [-0.15, -0.1) is 0 Å². The van der Waals surface area contributed by atoms with Crippen LogP contribution in [-0.4, -0.2) is 68.3 Å².